The molecule has 2 atom stereocenters. The predicted molar refractivity (Wildman–Crippen MR) is 78.7 cm³/mol. The van der Waals surface area contributed by atoms with Gasteiger partial charge in [0.2, 0.25) is 5.91 Å². The Morgan fingerprint density at radius 1 is 1.35 bits per heavy atom. The number of hydrogen-bond donors (Lipinski definition) is 1. The van der Waals surface area contributed by atoms with E-state index < -0.39 is 0 Å². The van der Waals surface area contributed by atoms with Gasteiger partial charge in [-0.15, -0.1) is 0 Å². The smallest absolute Gasteiger partial charge is 0.236 e. The average Bonchev–Trinajstić information content (AvgIpc) is 2.38. The number of carbonyl (C=O) groups excluding carboxylic acids is 1. The highest BCUT2D eigenvalue weighted by Gasteiger charge is 2.25. The lowest BCUT2D eigenvalue weighted by Crippen LogP contribution is -2.43. The Labute approximate surface area is 120 Å². The first kappa shape index (κ1) is 16.6. The molecule has 0 aromatic heterocycles. The maximum atomic E-state index is 13.4. The zero-order valence-electron chi connectivity index (χ0n) is 12.6. The maximum absolute atomic E-state index is 13.4. The summed E-state index contributed by atoms with van der Waals surface area (Å²) in [6, 6.07) is 6.07. The van der Waals surface area contributed by atoms with Crippen molar-refractivity contribution in [1.82, 2.24) is 9.80 Å². The van der Waals surface area contributed by atoms with Gasteiger partial charge in [-0.25, -0.2) is 4.39 Å². The molecule has 20 heavy (non-hydrogen) atoms. The molecule has 0 aliphatic rings. The fraction of sp³-hybridized carbons (Fsp3) is 0.533. The van der Waals surface area contributed by atoms with Gasteiger partial charge in [0.05, 0.1) is 12.6 Å². The molecule has 1 amide bonds. The molecule has 0 saturated heterocycles. The minimum Gasteiger partial charge on any atom is -0.348 e. The normalized spacial score (nSPS) is 14.2. The number of likely N-dealkylation sites (N-methyl/N-ethyl adjacent to an activating group) is 2. The number of nitrogens with zero attached hydrogens (tertiary/aromatic N) is 2. The molecule has 0 bridgehead atoms. The van der Waals surface area contributed by atoms with E-state index in [0.29, 0.717) is 0 Å². The lowest BCUT2D eigenvalue weighted by molar-refractivity contribution is -0.130. The largest absolute Gasteiger partial charge is 0.348 e. The first-order chi connectivity index (χ1) is 9.36. The Kier molecular flexibility index (Phi) is 6.10. The molecule has 1 rings (SSSR count). The molecule has 0 aliphatic heterocycles. The van der Waals surface area contributed by atoms with E-state index in [1.165, 1.54) is 17.0 Å². The van der Waals surface area contributed by atoms with Crippen LogP contribution >= 0.6 is 0 Å². The number of amides is 1. The molecule has 2 N–H and O–H groups in total. The Hall–Kier alpha value is -1.46. The summed E-state index contributed by atoms with van der Waals surface area (Å²) in [7, 11) is 5.27. The first-order valence-corrected chi connectivity index (χ1v) is 6.78. The van der Waals surface area contributed by atoms with Crippen LogP contribution in [0.25, 0.3) is 0 Å². The third-order valence-electron chi connectivity index (χ3n) is 3.43. The maximum Gasteiger partial charge on any atom is 0.236 e. The van der Waals surface area contributed by atoms with Gasteiger partial charge in [0.15, 0.2) is 0 Å². The monoisotopic (exact) mass is 281 g/mol. The molecule has 0 heterocycles. The van der Waals surface area contributed by atoms with Gasteiger partial charge in [-0.2, -0.15) is 0 Å². The second kappa shape index (κ2) is 7.36. The third-order valence-corrected chi connectivity index (χ3v) is 3.43. The van der Waals surface area contributed by atoms with Crippen molar-refractivity contribution in [2.45, 2.75) is 25.4 Å². The summed E-state index contributed by atoms with van der Waals surface area (Å²) in [5.74, 6) is -0.291. The number of halogens is 1. The molecule has 112 valence electrons. The molecule has 0 spiro atoms. The van der Waals surface area contributed by atoms with Gasteiger partial charge >= 0.3 is 0 Å². The Balaban J connectivity index is 2.98. The molecule has 0 aliphatic carbocycles. The van der Waals surface area contributed by atoms with Crippen LogP contribution in [0.3, 0.4) is 0 Å². The highest BCUT2D eigenvalue weighted by molar-refractivity contribution is 5.77. The lowest BCUT2D eigenvalue weighted by Gasteiger charge is -2.33. The molecule has 2 unspecified atom stereocenters. The summed E-state index contributed by atoms with van der Waals surface area (Å²) in [6.07, 6.45) is 0.752. The second-order valence-electron chi connectivity index (χ2n) is 5.28. The summed E-state index contributed by atoms with van der Waals surface area (Å²) in [6.45, 7) is 2.24. The van der Waals surface area contributed by atoms with Crippen molar-refractivity contribution < 1.29 is 9.18 Å². The summed E-state index contributed by atoms with van der Waals surface area (Å²) in [5, 5.41) is 0. The van der Waals surface area contributed by atoms with Crippen molar-refractivity contribution in [3.05, 3.63) is 35.6 Å². The molecule has 0 saturated carbocycles. The van der Waals surface area contributed by atoms with E-state index in [1.54, 1.807) is 20.2 Å². The van der Waals surface area contributed by atoms with Crippen LogP contribution in [0.2, 0.25) is 0 Å². The van der Waals surface area contributed by atoms with Crippen LogP contribution in [0.15, 0.2) is 24.3 Å². The quantitative estimate of drug-likeness (QED) is 0.862. The van der Waals surface area contributed by atoms with Crippen molar-refractivity contribution in [3.8, 4) is 0 Å². The number of nitrogens with two attached hydrogens (primary N) is 1. The van der Waals surface area contributed by atoms with Crippen molar-refractivity contribution >= 4 is 5.91 Å². The number of hydrogen-bond acceptors (Lipinski definition) is 3. The zero-order valence-corrected chi connectivity index (χ0v) is 12.6. The Morgan fingerprint density at radius 3 is 2.50 bits per heavy atom. The van der Waals surface area contributed by atoms with Crippen molar-refractivity contribution in [2.75, 3.05) is 27.7 Å². The highest BCUT2D eigenvalue weighted by atomic mass is 19.1. The predicted octanol–water partition coefficient (Wildman–Crippen LogP) is 1.62. The minimum atomic E-state index is -0.289. The highest BCUT2D eigenvalue weighted by Crippen LogP contribution is 2.24. The fourth-order valence-corrected chi connectivity index (χ4v) is 2.20. The zero-order chi connectivity index (χ0) is 15.3. The van der Waals surface area contributed by atoms with Crippen molar-refractivity contribution in [1.29, 1.82) is 0 Å². The van der Waals surface area contributed by atoms with Crippen LogP contribution in [0.5, 0.6) is 0 Å². The third kappa shape index (κ3) is 4.28. The van der Waals surface area contributed by atoms with Gasteiger partial charge in [-0.1, -0.05) is 19.1 Å². The molecular weight excluding hydrogens is 257 g/mol. The molecule has 0 radical (unpaired) electrons. The number of benzene rings is 1. The summed E-state index contributed by atoms with van der Waals surface area (Å²) in [5.41, 5.74) is 6.96. The van der Waals surface area contributed by atoms with Gasteiger partial charge in [-0.3, -0.25) is 9.69 Å². The van der Waals surface area contributed by atoms with Crippen LogP contribution < -0.4 is 5.73 Å². The second-order valence-corrected chi connectivity index (χ2v) is 5.28. The lowest BCUT2D eigenvalue weighted by atomic mass is 9.96. The SMILES string of the molecule is CCC(N)C(c1cccc(F)c1)N(C)CC(=O)N(C)C. The first-order valence-electron chi connectivity index (χ1n) is 6.78. The van der Waals surface area contributed by atoms with Crippen LogP contribution in [0, 0.1) is 5.82 Å². The Bertz CT molecular complexity index is 450. The minimum absolute atomic E-state index is 0.00259. The van der Waals surface area contributed by atoms with Gasteiger partial charge in [0, 0.05) is 20.1 Å². The number of carbonyl (C=O) groups is 1. The number of rotatable bonds is 6. The van der Waals surface area contributed by atoms with Gasteiger partial charge in [0.1, 0.15) is 5.82 Å². The summed E-state index contributed by atoms with van der Waals surface area (Å²) < 4.78 is 13.4. The van der Waals surface area contributed by atoms with Gasteiger partial charge in [-0.05, 0) is 31.2 Å². The average molecular weight is 281 g/mol. The van der Waals surface area contributed by atoms with E-state index in [1.807, 2.05) is 24.9 Å². The molecule has 4 nitrogen and oxygen atoms in total. The van der Waals surface area contributed by atoms with Gasteiger partial charge in [0.25, 0.3) is 0 Å². The van der Waals surface area contributed by atoms with E-state index in [2.05, 4.69) is 0 Å². The van der Waals surface area contributed by atoms with E-state index in [9.17, 15) is 9.18 Å². The van der Waals surface area contributed by atoms with Crippen LogP contribution in [0.4, 0.5) is 4.39 Å². The molecule has 5 heteroatoms. The van der Waals surface area contributed by atoms with E-state index in [0.717, 1.165) is 12.0 Å². The molecule has 1 aromatic rings. The van der Waals surface area contributed by atoms with Crippen molar-refractivity contribution in [3.63, 3.8) is 0 Å². The molecule has 0 fully saturated rings. The fourth-order valence-electron chi connectivity index (χ4n) is 2.20. The molecular formula is C15H24FN3O. The Morgan fingerprint density at radius 2 is 2.00 bits per heavy atom. The van der Waals surface area contributed by atoms with Gasteiger partial charge < -0.3 is 10.6 Å². The van der Waals surface area contributed by atoms with Crippen LogP contribution in [-0.2, 0) is 4.79 Å². The van der Waals surface area contributed by atoms with Crippen LogP contribution in [-0.4, -0.2) is 49.4 Å². The van der Waals surface area contributed by atoms with E-state index >= 15 is 0 Å². The van der Waals surface area contributed by atoms with Crippen molar-refractivity contribution in [2.24, 2.45) is 5.73 Å². The topological polar surface area (TPSA) is 49.6 Å². The van der Waals surface area contributed by atoms with E-state index in [-0.39, 0.29) is 30.4 Å². The standard InChI is InChI=1S/C15H24FN3O/c1-5-13(17)15(11-7-6-8-12(16)9-11)19(4)10-14(20)18(2)3/h6-9,13,15H,5,10,17H2,1-4H3. The summed E-state index contributed by atoms with van der Waals surface area (Å²) in [4.78, 5) is 15.3. The van der Waals surface area contributed by atoms with Crippen LogP contribution in [0.1, 0.15) is 24.9 Å². The summed E-state index contributed by atoms with van der Waals surface area (Å²) >= 11 is 0. The molecule has 1 aromatic carbocycles. The van der Waals surface area contributed by atoms with E-state index in [4.69, 9.17) is 5.73 Å².